The summed E-state index contributed by atoms with van der Waals surface area (Å²) in [5, 5.41) is 0.366. The van der Waals surface area contributed by atoms with Crippen molar-refractivity contribution in [2.45, 2.75) is 18.7 Å². The van der Waals surface area contributed by atoms with Gasteiger partial charge in [0.25, 0.3) is 6.43 Å². The predicted molar refractivity (Wildman–Crippen MR) is 51.6 cm³/mol. The number of nitrogens with zero attached hydrogens (tertiary/aromatic N) is 1. The molecule has 5 heteroatoms. The second-order valence-electron chi connectivity index (χ2n) is 2.54. The minimum absolute atomic E-state index is 0.0805. The van der Waals surface area contributed by atoms with Crippen molar-refractivity contribution in [3.63, 3.8) is 0 Å². The average molecular weight is 271 g/mol. The van der Waals surface area contributed by atoms with E-state index in [1.165, 1.54) is 6.07 Å². The van der Waals surface area contributed by atoms with E-state index in [0.29, 0.717) is 11.4 Å². The van der Waals surface area contributed by atoms with E-state index in [1.807, 2.05) is 0 Å². The predicted octanol–water partition coefficient (Wildman–Crippen LogP) is 3.88. The van der Waals surface area contributed by atoms with Gasteiger partial charge in [0.2, 0.25) is 0 Å². The molecule has 0 aliphatic rings. The summed E-state index contributed by atoms with van der Waals surface area (Å²) >= 11 is 8.76. The van der Waals surface area contributed by atoms with Crippen molar-refractivity contribution >= 4 is 27.5 Å². The molecule has 1 nitrogen and oxygen atoms in total. The maximum atomic E-state index is 12.5. The van der Waals surface area contributed by atoms with E-state index in [-0.39, 0.29) is 15.9 Å². The van der Waals surface area contributed by atoms with Gasteiger partial charge in [0.1, 0.15) is 0 Å². The maximum absolute atomic E-state index is 12.5. The normalized spacial score (nSPS) is 10.9. The Morgan fingerprint density at radius 2 is 2.23 bits per heavy atom. The van der Waals surface area contributed by atoms with Crippen LogP contribution < -0.4 is 0 Å². The first-order valence-electron chi connectivity index (χ1n) is 3.56. The number of alkyl halides is 3. The molecule has 0 aliphatic heterocycles. The van der Waals surface area contributed by atoms with Crippen molar-refractivity contribution in [2.24, 2.45) is 0 Å². The molecule has 0 saturated heterocycles. The van der Waals surface area contributed by atoms with Crippen LogP contribution >= 0.6 is 27.5 Å². The molecule has 0 unspecified atom stereocenters. The summed E-state index contributed by atoms with van der Waals surface area (Å²) in [6.07, 6.45) is -2.58. The summed E-state index contributed by atoms with van der Waals surface area (Å²) < 4.78 is 24.9. The molecule has 13 heavy (non-hydrogen) atoms. The van der Waals surface area contributed by atoms with Crippen molar-refractivity contribution in [2.75, 3.05) is 0 Å². The van der Waals surface area contributed by atoms with Gasteiger partial charge in [0.15, 0.2) is 0 Å². The lowest BCUT2D eigenvalue weighted by Gasteiger charge is -2.08. The van der Waals surface area contributed by atoms with E-state index in [9.17, 15) is 8.78 Å². The molecule has 1 aromatic heterocycles. The van der Waals surface area contributed by atoms with Crippen molar-refractivity contribution in [3.05, 3.63) is 28.0 Å². The van der Waals surface area contributed by atoms with Crippen LogP contribution in [0.5, 0.6) is 0 Å². The summed E-state index contributed by atoms with van der Waals surface area (Å²) in [6.45, 7) is 1.72. The molecular formula is C8H7BrClF2N. The summed E-state index contributed by atoms with van der Waals surface area (Å²) in [7, 11) is 0. The number of aryl methyl sites for hydroxylation is 1. The Hall–Kier alpha value is -0.220. The zero-order chi connectivity index (χ0) is 10.0. The zero-order valence-corrected chi connectivity index (χ0v) is 9.16. The van der Waals surface area contributed by atoms with E-state index < -0.39 is 6.43 Å². The maximum Gasteiger partial charge on any atom is 0.267 e. The molecule has 0 bridgehead atoms. The molecular weight excluding hydrogens is 263 g/mol. The van der Waals surface area contributed by atoms with Gasteiger partial charge in [-0.15, -0.1) is 0 Å². The minimum atomic E-state index is -2.58. The Balaban J connectivity index is 3.30. The van der Waals surface area contributed by atoms with E-state index in [2.05, 4.69) is 20.9 Å². The van der Waals surface area contributed by atoms with Crippen LogP contribution in [-0.4, -0.2) is 4.98 Å². The first kappa shape index (κ1) is 10.9. The highest BCUT2D eigenvalue weighted by Crippen LogP contribution is 2.30. The molecule has 0 aromatic carbocycles. The highest BCUT2D eigenvalue weighted by molar-refractivity contribution is 9.08. The molecule has 0 aliphatic carbocycles. The highest BCUT2D eigenvalue weighted by Gasteiger charge is 2.18. The van der Waals surface area contributed by atoms with Gasteiger partial charge in [0, 0.05) is 11.0 Å². The van der Waals surface area contributed by atoms with Crippen molar-refractivity contribution in [1.82, 2.24) is 4.98 Å². The van der Waals surface area contributed by atoms with E-state index >= 15 is 0 Å². The van der Waals surface area contributed by atoms with Crippen LogP contribution in [0.1, 0.15) is 23.4 Å². The van der Waals surface area contributed by atoms with E-state index in [1.54, 1.807) is 6.92 Å². The van der Waals surface area contributed by atoms with Crippen LogP contribution in [0.3, 0.4) is 0 Å². The third-order valence-corrected chi connectivity index (χ3v) is 2.40. The van der Waals surface area contributed by atoms with Gasteiger partial charge >= 0.3 is 0 Å². The van der Waals surface area contributed by atoms with E-state index in [4.69, 9.17) is 11.6 Å². The lowest BCUT2D eigenvalue weighted by Crippen LogP contribution is -1.99. The number of rotatable bonds is 2. The van der Waals surface area contributed by atoms with Gasteiger partial charge < -0.3 is 0 Å². The van der Waals surface area contributed by atoms with Crippen LogP contribution in [0.15, 0.2) is 6.07 Å². The van der Waals surface area contributed by atoms with Crippen LogP contribution in [0.2, 0.25) is 5.02 Å². The third kappa shape index (κ3) is 2.38. The number of hydrogen-bond acceptors (Lipinski definition) is 1. The van der Waals surface area contributed by atoms with Crippen molar-refractivity contribution < 1.29 is 8.78 Å². The smallest absolute Gasteiger partial charge is 0.257 e. The fraction of sp³-hybridized carbons (Fsp3) is 0.375. The largest absolute Gasteiger partial charge is 0.267 e. The first-order valence-corrected chi connectivity index (χ1v) is 5.06. The average Bonchev–Trinajstić information content (AvgIpc) is 2.01. The topological polar surface area (TPSA) is 12.9 Å². The highest BCUT2D eigenvalue weighted by atomic mass is 79.9. The molecule has 72 valence electrons. The summed E-state index contributed by atoms with van der Waals surface area (Å²) in [5.41, 5.74) is 0.771. The third-order valence-electron chi connectivity index (χ3n) is 1.56. The van der Waals surface area contributed by atoms with Gasteiger partial charge in [-0.25, -0.2) is 8.78 Å². The van der Waals surface area contributed by atoms with Crippen molar-refractivity contribution in [1.29, 1.82) is 0 Å². The van der Waals surface area contributed by atoms with Crippen LogP contribution in [0.4, 0.5) is 8.78 Å². The van der Waals surface area contributed by atoms with Gasteiger partial charge in [-0.05, 0) is 13.0 Å². The van der Waals surface area contributed by atoms with Gasteiger partial charge in [-0.2, -0.15) is 0 Å². The molecule has 0 atom stereocenters. The Morgan fingerprint density at radius 3 is 2.69 bits per heavy atom. The van der Waals surface area contributed by atoms with E-state index in [0.717, 1.165) is 0 Å². The number of hydrogen-bond donors (Lipinski definition) is 0. The van der Waals surface area contributed by atoms with Crippen LogP contribution in [-0.2, 0) is 5.33 Å². The SMILES string of the molecule is Cc1cc(Cl)c(C(F)F)c(CBr)n1. The molecule has 1 rings (SSSR count). The fourth-order valence-electron chi connectivity index (χ4n) is 1.04. The molecule has 0 saturated carbocycles. The lowest BCUT2D eigenvalue weighted by atomic mass is 10.2. The standard InChI is InChI=1S/C8H7BrClF2N/c1-4-2-5(10)7(8(11)12)6(3-9)13-4/h2,8H,3H2,1H3. The second-order valence-corrected chi connectivity index (χ2v) is 3.51. The number of halogens is 4. The Bertz CT molecular complexity index is 317. The first-order chi connectivity index (χ1) is 6.06. The number of pyridine rings is 1. The molecule has 1 aromatic rings. The molecule has 0 amide bonds. The van der Waals surface area contributed by atoms with Crippen molar-refractivity contribution in [3.8, 4) is 0 Å². The quantitative estimate of drug-likeness (QED) is 0.743. The minimum Gasteiger partial charge on any atom is -0.257 e. The summed E-state index contributed by atoms with van der Waals surface area (Å²) in [4.78, 5) is 3.96. The molecule has 1 heterocycles. The van der Waals surface area contributed by atoms with Crippen LogP contribution in [0.25, 0.3) is 0 Å². The lowest BCUT2D eigenvalue weighted by molar-refractivity contribution is 0.150. The monoisotopic (exact) mass is 269 g/mol. The second kappa shape index (κ2) is 4.33. The molecule has 0 fully saturated rings. The van der Waals surface area contributed by atoms with Gasteiger partial charge in [-0.3, -0.25) is 4.98 Å². The Labute approximate surface area is 88.2 Å². The van der Waals surface area contributed by atoms with Crippen LogP contribution in [0, 0.1) is 6.92 Å². The van der Waals surface area contributed by atoms with Gasteiger partial charge in [-0.1, -0.05) is 27.5 Å². The fourth-order valence-corrected chi connectivity index (χ4v) is 1.81. The molecule has 0 spiro atoms. The molecule has 0 radical (unpaired) electrons. The Morgan fingerprint density at radius 1 is 1.62 bits per heavy atom. The number of aromatic nitrogens is 1. The summed E-state index contributed by atoms with van der Waals surface area (Å²) in [5.74, 6) is 0. The zero-order valence-electron chi connectivity index (χ0n) is 6.82. The molecule has 0 N–H and O–H groups in total. The summed E-state index contributed by atoms with van der Waals surface area (Å²) in [6, 6.07) is 1.44. The van der Waals surface area contributed by atoms with Gasteiger partial charge in [0.05, 0.1) is 16.3 Å². The Kier molecular flexibility index (Phi) is 3.62.